The van der Waals surface area contributed by atoms with Crippen molar-refractivity contribution in [3.63, 3.8) is 0 Å². The molecule has 1 aliphatic heterocycles. The van der Waals surface area contributed by atoms with Crippen molar-refractivity contribution in [2.24, 2.45) is 0 Å². The maximum absolute atomic E-state index is 12.8. The molecule has 0 saturated carbocycles. The van der Waals surface area contributed by atoms with E-state index in [1.165, 1.54) is 17.3 Å². The van der Waals surface area contributed by atoms with Crippen LogP contribution >= 0.6 is 0 Å². The minimum absolute atomic E-state index is 0.0890. The lowest BCUT2D eigenvalue weighted by molar-refractivity contribution is -0.131. The third-order valence-electron chi connectivity index (χ3n) is 5.65. The molecule has 1 aromatic carbocycles. The van der Waals surface area contributed by atoms with Crippen molar-refractivity contribution >= 4 is 22.8 Å². The van der Waals surface area contributed by atoms with E-state index in [-0.39, 0.29) is 17.5 Å². The predicted octanol–water partition coefficient (Wildman–Crippen LogP) is 3.35. The molecule has 1 N–H and O–H groups in total. The Balaban J connectivity index is 1.40. The van der Waals surface area contributed by atoms with Gasteiger partial charge >= 0.3 is 5.97 Å². The number of carbonyl (C=O) groups is 2. The highest BCUT2D eigenvalue weighted by Gasteiger charge is 2.25. The third-order valence-corrected chi connectivity index (χ3v) is 5.65. The molecule has 0 spiro atoms. The number of likely N-dealkylation sites (tertiary alicyclic amines) is 1. The Morgan fingerprint density at radius 3 is 2.61 bits per heavy atom. The maximum atomic E-state index is 12.8. The topological polar surface area (TPSA) is 88.6 Å². The molecule has 3 heterocycles. The van der Waals surface area contributed by atoms with Gasteiger partial charge in [0, 0.05) is 30.2 Å². The number of nitrogens with zero attached hydrogens (tertiary/aromatic N) is 3. The molecule has 1 aliphatic rings. The number of carbonyl (C=O) groups excluding carboxylic acids is 1. The van der Waals surface area contributed by atoms with Gasteiger partial charge in [-0.05, 0) is 49.9 Å². The average molecular weight is 381 g/mol. The molecule has 1 saturated heterocycles. The summed E-state index contributed by atoms with van der Waals surface area (Å²) in [5.74, 6) is -0.886. The van der Waals surface area contributed by atoms with Gasteiger partial charge in [0.15, 0.2) is 0 Å². The normalized spacial score (nSPS) is 15.3. The number of rotatable bonds is 4. The number of carboxylic acids is 1. The first-order chi connectivity index (χ1) is 13.4. The van der Waals surface area contributed by atoms with E-state index in [9.17, 15) is 9.59 Å². The molecule has 0 bridgehead atoms. The SMILES string of the molecule is Cc1cc2occ(CC(=O)N3CCC(n4cc(C(=O)O)cn4)CC3)c2cc1C. The molecule has 0 aliphatic carbocycles. The fourth-order valence-corrected chi connectivity index (χ4v) is 3.78. The Kier molecular flexibility index (Phi) is 4.66. The molecule has 146 valence electrons. The van der Waals surface area contributed by atoms with Gasteiger partial charge in [0.25, 0.3) is 0 Å². The smallest absolute Gasteiger partial charge is 0.338 e. The summed E-state index contributed by atoms with van der Waals surface area (Å²) in [6, 6.07) is 4.22. The molecular weight excluding hydrogens is 358 g/mol. The lowest BCUT2D eigenvalue weighted by Gasteiger charge is -2.32. The van der Waals surface area contributed by atoms with Crippen molar-refractivity contribution in [3.05, 3.63) is 53.0 Å². The summed E-state index contributed by atoms with van der Waals surface area (Å²) >= 11 is 0. The molecule has 7 nitrogen and oxygen atoms in total. The first kappa shape index (κ1) is 18.3. The second-order valence-electron chi connectivity index (χ2n) is 7.50. The number of aromatic carboxylic acids is 1. The number of fused-ring (bicyclic) bond motifs is 1. The van der Waals surface area contributed by atoms with Crippen LogP contribution in [0.2, 0.25) is 0 Å². The summed E-state index contributed by atoms with van der Waals surface area (Å²) in [6.07, 6.45) is 6.46. The van der Waals surface area contributed by atoms with Gasteiger partial charge in [0.1, 0.15) is 5.58 Å². The van der Waals surface area contributed by atoms with Crippen LogP contribution < -0.4 is 0 Å². The summed E-state index contributed by atoms with van der Waals surface area (Å²) < 4.78 is 7.35. The minimum Gasteiger partial charge on any atom is -0.478 e. The average Bonchev–Trinajstić information content (AvgIpc) is 3.31. The summed E-state index contributed by atoms with van der Waals surface area (Å²) in [5, 5.41) is 14.2. The summed E-state index contributed by atoms with van der Waals surface area (Å²) in [4.78, 5) is 25.7. The standard InChI is InChI=1S/C21H23N3O4/c1-13-7-18-15(12-28-19(18)8-14(13)2)9-20(25)23-5-3-17(4-6-23)24-11-16(10-22-24)21(26)27/h7-8,10-12,17H,3-6,9H2,1-2H3,(H,26,27). The van der Waals surface area contributed by atoms with Crippen LogP contribution in [-0.4, -0.2) is 44.8 Å². The van der Waals surface area contributed by atoms with Gasteiger partial charge in [-0.2, -0.15) is 5.10 Å². The maximum Gasteiger partial charge on any atom is 0.338 e. The summed E-state index contributed by atoms with van der Waals surface area (Å²) in [7, 11) is 0. The van der Waals surface area contributed by atoms with Crippen LogP contribution in [0.5, 0.6) is 0 Å². The van der Waals surface area contributed by atoms with Gasteiger partial charge in [-0.15, -0.1) is 0 Å². The molecule has 28 heavy (non-hydrogen) atoms. The van der Waals surface area contributed by atoms with Crippen molar-refractivity contribution in [3.8, 4) is 0 Å². The molecule has 7 heteroatoms. The van der Waals surface area contributed by atoms with Gasteiger partial charge in [0.05, 0.1) is 30.5 Å². The number of amides is 1. The van der Waals surface area contributed by atoms with Crippen LogP contribution in [0.15, 0.2) is 35.2 Å². The highest BCUT2D eigenvalue weighted by molar-refractivity contribution is 5.88. The molecule has 1 fully saturated rings. The summed E-state index contributed by atoms with van der Waals surface area (Å²) in [6.45, 7) is 5.38. The van der Waals surface area contributed by atoms with Gasteiger partial charge in [-0.3, -0.25) is 9.48 Å². The number of carboxylic acid groups (broad SMARTS) is 1. The number of aryl methyl sites for hydroxylation is 2. The first-order valence-electron chi connectivity index (χ1n) is 9.45. The number of piperidine rings is 1. The molecule has 3 aromatic rings. The van der Waals surface area contributed by atoms with Crippen molar-refractivity contribution in [2.75, 3.05) is 13.1 Å². The van der Waals surface area contributed by atoms with E-state index in [0.717, 1.165) is 29.4 Å². The zero-order valence-electron chi connectivity index (χ0n) is 16.0. The van der Waals surface area contributed by atoms with Crippen LogP contribution in [0.3, 0.4) is 0 Å². The second kappa shape index (κ2) is 7.14. The van der Waals surface area contributed by atoms with Gasteiger partial charge < -0.3 is 14.4 Å². The van der Waals surface area contributed by atoms with Crippen LogP contribution in [0.4, 0.5) is 0 Å². The quantitative estimate of drug-likeness (QED) is 0.749. The fraction of sp³-hybridized carbons (Fsp3) is 0.381. The Labute approximate surface area is 162 Å². The molecule has 0 radical (unpaired) electrons. The predicted molar refractivity (Wildman–Crippen MR) is 103 cm³/mol. The number of aromatic nitrogens is 2. The van der Waals surface area contributed by atoms with Gasteiger partial charge in [-0.1, -0.05) is 0 Å². The van der Waals surface area contributed by atoms with E-state index < -0.39 is 5.97 Å². The number of hydrogen-bond donors (Lipinski definition) is 1. The minimum atomic E-state index is -0.975. The van der Waals surface area contributed by atoms with E-state index in [1.54, 1.807) is 17.1 Å². The Morgan fingerprint density at radius 1 is 1.21 bits per heavy atom. The summed E-state index contributed by atoms with van der Waals surface area (Å²) in [5.41, 5.74) is 4.28. The zero-order chi connectivity index (χ0) is 19.8. The van der Waals surface area contributed by atoms with Crippen molar-refractivity contribution in [1.82, 2.24) is 14.7 Å². The molecular formula is C21H23N3O4. The Bertz CT molecular complexity index is 1040. The molecule has 0 unspecified atom stereocenters. The number of benzene rings is 1. The molecule has 1 amide bonds. The highest BCUT2D eigenvalue weighted by atomic mass is 16.4. The van der Waals surface area contributed by atoms with Crippen LogP contribution in [0.25, 0.3) is 11.0 Å². The molecule has 2 aromatic heterocycles. The largest absolute Gasteiger partial charge is 0.478 e. The highest BCUT2D eigenvalue weighted by Crippen LogP contribution is 2.27. The lowest BCUT2D eigenvalue weighted by Crippen LogP contribution is -2.39. The first-order valence-corrected chi connectivity index (χ1v) is 9.45. The van der Waals surface area contributed by atoms with E-state index in [0.29, 0.717) is 19.5 Å². The van der Waals surface area contributed by atoms with E-state index in [4.69, 9.17) is 9.52 Å². The van der Waals surface area contributed by atoms with Crippen molar-refractivity contribution < 1.29 is 19.1 Å². The van der Waals surface area contributed by atoms with Crippen LogP contribution in [0.1, 0.15) is 45.9 Å². The Hall–Kier alpha value is -3.09. The second-order valence-corrected chi connectivity index (χ2v) is 7.50. The van der Waals surface area contributed by atoms with E-state index in [1.807, 2.05) is 17.9 Å². The number of hydrogen-bond acceptors (Lipinski definition) is 4. The van der Waals surface area contributed by atoms with E-state index in [2.05, 4.69) is 18.1 Å². The lowest BCUT2D eigenvalue weighted by atomic mass is 10.0. The fourth-order valence-electron chi connectivity index (χ4n) is 3.78. The van der Waals surface area contributed by atoms with E-state index >= 15 is 0 Å². The molecule has 4 rings (SSSR count). The molecule has 0 atom stereocenters. The van der Waals surface area contributed by atoms with Crippen LogP contribution in [0, 0.1) is 13.8 Å². The van der Waals surface area contributed by atoms with Crippen molar-refractivity contribution in [2.45, 2.75) is 39.2 Å². The van der Waals surface area contributed by atoms with Crippen molar-refractivity contribution in [1.29, 1.82) is 0 Å². The number of furan rings is 1. The zero-order valence-corrected chi connectivity index (χ0v) is 16.0. The third kappa shape index (κ3) is 3.40. The van der Waals surface area contributed by atoms with Gasteiger partial charge in [-0.25, -0.2) is 4.79 Å². The Morgan fingerprint density at radius 2 is 1.93 bits per heavy atom. The van der Waals surface area contributed by atoms with Crippen LogP contribution in [-0.2, 0) is 11.2 Å². The van der Waals surface area contributed by atoms with Gasteiger partial charge in [0.2, 0.25) is 5.91 Å². The monoisotopic (exact) mass is 381 g/mol.